The Labute approximate surface area is 247 Å². The number of esters is 1. The number of ether oxygens (including phenoxy) is 2. The number of hydrogen-bond donors (Lipinski definition) is 1. The van der Waals surface area contributed by atoms with Crippen LogP contribution in [0.3, 0.4) is 0 Å². The first-order valence-electron chi connectivity index (χ1n) is 12.9. The number of hydrogen-bond acceptors (Lipinski definition) is 5. The van der Waals surface area contributed by atoms with Crippen molar-refractivity contribution in [3.8, 4) is 17.6 Å². The molecule has 7 heteroatoms. The smallest absolute Gasteiger partial charge is 0.328 e. The molecule has 5 aromatic rings. The molecule has 204 valence electrons. The van der Waals surface area contributed by atoms with Crippen molar-refractivity contribution >= 4 is 44.9 Å². The molecule has 0 unspecified atom stereocenters. The van der Waals surface area contributed by atoms with E-state index in [0.29, 0.717) is 22.3 Å². The van der Waals surface area contributed by atoms with Crippen LogP contribution in [0.4, 0.5) is 0 Å². The van der Waals surface area contributed by atoms with Crippen LogP contribution in [-0.2, 0) is 22.6 Å². The minimum atomic E-state index is -0.842. The highest BCUT2D eigenvalue weighted by Gasteiger charge is 2.23. The highest BCUT2D eigenvalue weighted by atomic mass is 35.5. The molecular weight excluding hydrogens is 554 g/mol. The zero-order chi connectivity index (χ0) is 28.6. The molecule has 1 atom stereocenters. The number of carbonyl (C=O) groups excluding carboxylic acids is 2. The third kappa shape index (κ3) is 7.55. The summed E-state index contributed by atoms with van der Waals surface area (Å²) >= 11 is 7.30. The normalized spacial score (nSPS) is 11.3. The van der Waals surface area contributed by atoms with E-state index >= 15 is 0 Å². The van der Waals surface area contributed by atoms with Crippen LogP contribution in [-0.4, -0.2) is 25.0 Å². The molecule has 4 aromatic carbocycles. The summed E-state index contributed by atoms with van der Waals surface area (Å²) in [5.41, 5.74) is 3.66. The van der Waals surface area contributed by atoms with Crippen LogP contribution in [0.2, 0.25) is 5.02 Å². The van der Waals surface area contributed by atoms with Crippen LogP contribution in [0.15, 0.2) is 103 Å². The lowest BCUT2D eigenvalue weighted by Gasteiger charge is -2.16. The lowest BCUT2D eigenvalue weighted by Crippen LogP contribution is -2.42. The third-order valence-corrected chi connectivity index (χ3v) is 7.70. The van der Waals surface area contributed by atoms with Crippen molar-refractivity contribution in [1.82, 2.24) is 5.32 Å². The van der Waals surface area contributed by atoms with E-state index in [1.165, 1.54) is 18.4 Å². The van der Waals surface area contributed by atoms with E-state index in [1.54, 1.807) is 0 Å². The van der Waals surface area contributed by atoms with Crippen LogP contribution >= 0.6 is 22.9 Å². The number of carbonyl (C=O) groups is 2. The van der Waals surface area contributed by atoms with Crippen LogP contribution in [0.1, 0.15) is 31.9 Å². The van der Waals surface area contributed by atoms with E-state index in [9.17, 15) is 9.59 Å². The Morgan fingerprint density at radius 3 is 2.29 bits per heavy atom. The monoisotopic (exact) mass is 579 g/mol. The highest BCUT2D eigenvalue weighted by molar-refractivity contribution is 7.20. The van der Waals surface area contributed by atoms with Crippen molar-refractivity contribution in [2.24, 2.45) is 0 Å². The van der Waals surface area contributed by atoms with Gasteiger partial charge < -0.3 is 14.8 Å². The molecular formula is C34H26ClNO4S. The van der Waals surface area contributed by atoms with Crippen LogP contribution in [0, 0.1) is 11.8 Å². The second-order valence-corrected chi connectivity index (χ2v) is 10.8. The largest absolute Gasteiger partial charge is 0.489 e. The Morgan fingerprint density at radius 2 is 1.56 bits per heavy atom. The van der Waals surface area contributed by atoms with Gasteiger partial charge in [0.25, 0.3) is 5.91 Å². The van der Waals surface area contributed by atoms with Gasteiger partial charge in [-0.05, 0) is 77.2 Å². The Hall–Kier alpha value is -4.57. The summed E-state index contributed by atoms with van der Waals surface area (Å²) in [6, 6.07) is 31.5. The highest BCUT2D eigenvalue weighted by Crippen LogP contribution is 2.27. The summed E-state index contributed by atoms with van der Waals surface area (Å²) in [6.07, 6.45) is 0.278. The molecule has 0 saturated carbocycles. The predicted molar refractivity (Wildman–Crippen MR) is 163 cm³/mol. The van der Waals surface area contributed by atoms with Crippen molar-refractivity contribution in [2.45, 2.75) is 19.1 Å². The summed E-state index contributed by atoms with van der Waals surface area (Å²) in [5.74, 6) is 6.18. The maximum Gasteiger partial charge on any atom is 0.328 e. The minimum absolute atomic E-state index is 0.278. The van der Waals surface area contributed by atoms with Gasteiger partial charge in [-0.1, -0.05) is 65.9 Å². The van der Waals surface area contributed by atoms with Crippen LogP contribution in [0.5, 0.6) is 5.75 Å². The average Bonchev–Trinajstić information content (AvgIpc) is 3.44. The number of nitrogens with one attached hydrogen (secondary N) is 1. The van der Waals surface area contributed by atoms with Gasteiger partial charge in [0.1, 0.15) is 18.4 Å². The van der Waals surface area contributed by atoms with E-state index in [2.05, 4.69) is 17.2 Å². The van der Waals surface area contributed by atoms with Gasteiger partial charge in [-0.2, -0.15) is 0 Å². The van der Waals surface area contributed by atoms with Gasteiger partial charge in [-0.15, -0.1) is 11.3 Å². The van der Waals surface area contributed by atoms with Gasteiger partial charge in [0.05, 0.1) is 12.0 Å². The Kier molecular flexibility index (Phi) is 9.00. The number of halogens is 1. The SMILES string of the molecule is COC(=O)[C@H](Cc1ccc(OCc2ccc(Cl)cc2)cc1)NC(=O)c1cc2cc(C#Cc3ccccc3)ccc2s1. The Bertz CT molecular complexity index is 1720. The lowest BCUT2D eigenvalue weighted by atomic mass is 10.1. The zero-order valence-corrected chi connectivity index (χ0v) is 23.8. The maximum absolute atomic E-state index is 13.2. The van der Waals surface area contributed by atoms with Gasteiger partial charge >= 0.3 is 5.97 Å². The number of thiophene rings is 1. The van der Waals surface area contributed by atoms with E-state index in [-0.39, 0.29) is 12.3 Å². The Morgan fingerprint density at radius 1 is 0.854 bits per heavy atom. The molecule has 0 aliphatic heterocycles. The summed E-state index contributed by atoms with van der Waals surface area (Å²) in [6.45, 7) is 0.410. The fourth-order valence-corrected chi connectivity index (χ4v) is 5.24. The fourth-order valence-electron chi connectivity index (χ4n) is 4.17. The van der Waals surface area contributed by atoms with Gasteiger partial charge in [0.15, 0.2) is 0 Å². The summed E-state index contributed by atoms with van der Waals surface area (Å²) < 4.78 is 11.8. The molecule has 1 aromatic heterocycles. The molecule has 0 spiro atoms. The predicted octanol–water partition coefficient (Wildman–Crippen LogP) is 7.05. The van der Waals surface area contributed by atoms with Gasteiger partial charge in [-0.25, -0.2) is 4.79 Å². The van der Waals surface area contributed by atoms with Crippen molar-refractivity contribution in [3.63, 3.8) is 0 Å². The first kappa shape index (κ1) is 28.0. The topological polar surface area (TPSA) is 64.6 Å². The maximum atomic E-state index is 13.2. The molecule has 0 saturated heterocycles. The molecule has 0 aliphatic carbocycles. The summed E-state index contributed by atoms with van der Waals surface area (Å²) in [4.78, 5) is 26.2. The molecule has 5 nitrogen and oxygen atoms in total. The molecule has 1 N–H and O–H groups in total. The quantitative estimate of drug-likeness (QED) is 0.158. The standard InChI is InChI=1S/C34H26ClNO4S/c1-39-34(38)30(20-25-11-16-29(17-12-25)40-22-26-9-14-28(35)15-10-26)36-33(37)32-21-27-19-24(13-18-31(27)41-32)8-7-23-5-3-2-4-6-23/h2-6,9-19,21,30H,20,22H2,1H3,(H,36,37)/t30-/m0/s1. The number of amides is 1. The van der Waals surface area contributed by atoms with Crippen LogP contribution in [0.25, 0.3) is 10.1 Å². The number of methoxy groups -OCH3 is 1. The van der Waals surface area contributed by atoms with Gasteiger partial charge in [-0.3, -0.25) is 4.79 Å². The molecule has 0 fully saturated rings. The minimum Gasteiger partial charge on any atom is -0.489 e. The van der Waals surface area contributed by atoms with Crippen molar-refractivity contribution in [1.29, 1.82) is 0 Å². The van der Waals surface area contributed by atoms with E-state index in [0.717, 1.165) is 32.3 Å². The molecule has 1 heterocycles. The Balaban J connectivity index is 1.23. The summed E-state index contributed by atoms with van der Waals surface area (Å²) in [7, 11) is 1.31. The molecule has 0 bridgehead atoms. The lowest BCUT2D eigenvalue weighted by molar-refractivity contribution is -0.142. The molecule has 1 amide bonds. The van der Waals surface area contributed by atoms with Gasteiger partial charge in [0.2, 0.25) is 0 Å². The van der Waals surface area contributed by atoms with E-state index in [1.807, 2.05) is 103 Å². The average molecular weight is 580 g/mol. The molecule has 0 radical (unpaired) electrons. The van der Waals surface area contributed by atoms with Crippen molar-refractivity contribution in [2.75, 3.05) is 7.11 Å². The number of fused-ring (bicyclic) bond motifs is 1. The van der Waals surface area contributed by atoms with Gasteiger partial charge in [0, 0.05) is 27.3 Å². The second-order valence-electron chi connectivity index (χ2n) is 9.29. The summed E-state index contributed by atoms with van der Waals surface area (Å²) in [5, 5.41) is 4.44. The fraction of sp³-hybridized carbons (Fsp3) is 0.118. The van der Waals surface area contributed by atoms with Crippen molar-refractivity contribution in [3.05, 3.63) is 135 Å². The number of benzene rings is 4. The van der Waals surface area contributed by atoms with E-state index in [4.69, 9.17) is 21.1 Å². The van der Waals surface area contributed by atoms with Crippen molar-refractivity contribution < 1.29 is 19.1 Å². The van der Waals surface area contributed by atoms with E-state index < -0.39 is 12.0 Å². The molecule has 5 rings (SSSR count). The van der Waals surface area contributed by atoms with Crippen LogP contribution < -0.4 is 10.1 Å². The number of rotatable bonds is 8. The zero-order valence-electron chi connectivity index (χ0n) is 22.2. The first-order valence-corrected chi connectivity index (χ1v) is 14.1. The third-order valence-electron chi connectivity index (χ3n) is 6.34. The first-order chi connectivity index (χ1) is 20.0. The molecule has 0 aliphatic rings. The second kappa shape index (κ2) is 13.2. The molecule has 41 heavy (non-hydrogen) atoms.